The van der Waals surface area contributed by atoms with Crippen LogP contribution in [0.3, 0.4) is 0 Å². The molecule has 5 aromatic rings. The number of para-hydroxylation sites is 2. The fourth-order valence-electron chi connectivity index (χ4n) is 4.77. The van der Waals surface area contributed by atoms with Gasteiger partial charge in [0.15, 0.2) is 0 Å². The monoisotopic (exact) mass is 405 g/mol. The molecule has 4 nitrogen and oxygen atoms in total. The van der Waals surface area contributed by atoms with Crippen molar-refractivity contribution in [2.24, 2.45) is 0 Å². The number of anilines is 2. The Hall–Kier alpha value is -4.05. The van der Waals surface area contributed by atoms with Gasteiger partial charge < -0.3 is 14.5 Å². The van der Waals surface area contributed by atoms with E-state index in [1.54, 1.807) is 7.11 Å². The van der Waals surface area contributed by atoms with E-state index >= 15 is 0 Å². The van der Waals surface area contributed by atoms with E-state index in [-0.39, 0.29) is 11.5 Å². The molecule has 0 fully saturated rings. The summed E-state index contributed by atoms with van der Waals surface area (Å²) in [5.41, 5.74) is 4.61. The van der Waals surface area contributed by atoms with Gasteiger partial charge in [0, 0.05) is 22.6 Å². The number of hydrogen-bond donors (Lipinski definition) is 1. The summed E-state index contributed by atoms with van der Waals surface area (Å²) in [5.74, 6) is 0.418. The predicted octanol–water partition coefficient (Wildman–Crippen LogP) is 6.19. The van der Waals surface area contributed by atoms with E-state index in [4.69, 9.17) is 9.15 Å². The Morgan fingerprint density at radius 3 is 2.42 bits per heavy atom. The van der Waals surface area contributed by atoms with Crippen LogP contribution in [0.4, 0.5) is 11.4 Å². The minimum absolute atomic E-state index is 0.325. The average Bonchev–Trinajstić information content (AvgIpc) is 2.82. The Bertz CT molecular complexity index is 1530. The van der Waals surface area contributed by atoms with Crippen molar-refractivity contribution >= 4 is 33.1 Å². The third kappa shape index (κ3) is 2.58. The molecule has 1 aromatic heterocycles. The van der Waals surface area contributed by atoms with E-state index in [9.17, 15) is 4.79 Å². The first-order chi connectivity index (χ1) is 15.3. The van der Waals surface area contributed by atoms with Crippen molar-refractivity contribution in [3.05, 3.63) is 112 Å². The second-order valence-electron chi connectivity index (χ2n) is 7.72. The number of hydrogen-bond acceptors (Lipinski definition) is 4. The van der Waals surface area contributed by atoms with Crippen LogP contribution in [-0.4, -0.2) is 7.11 Å². The number of rotatable bonds is 2. The molecule has 4 aromatic carbocycles. The van der Waals surface area contributed by atoms with Gasteiger partial charge in [0.05, 0.1) is 18.4 Å². The predicted molar refractivity (Wildman–Crippen MR) is 124 cm³/mol. The van der Waals surface area contributed by atoms with Crippen molar-refractivity contribution in [1.29, 1.82) is 0 Å². The van der Waals surface area contributed by atoms with E-state index in [0.717, 1.165) is 44.4 Å². The van der Waals surface area contributed by atoms with Crippen LogP contribution in [0, 0.1) is 0 Å². The topological polar surface area (TPSA) is 51.5 Å². The van der Waals surface area contributed by atoms with Crippen molar-refractivity contribution in [1.82, 2.24) is 0 Å². The largest absolute Gasteiger partial charge is 0.496 e. The molecule has 0 radical (unpaired) electrons. The highest BCUT2D eigenvalue weighted by atomic mass is 16.5. The molecule has 1 aliphatic rings. The fourth-order valence-corrected chi connectivity index (χ4v) is 4.77. The summed E-state index contributed by atoms with van der Waals surface area (Å²) in [4.78, 5) is 13.4. The van der Waals surface area contributed by atoms with Gasteiger partial charge in [-0.15, -0.1) is 0 Å². The molecule has 0 spiro atoms. The maximum absolute atomic E-state index is 13.4. The fraction of sp³-hybridized carbons (Fsp3) is 0.0741. The summed E-state index contributed by atoms with van der Waals surface area (Å²) >= 11 is 0. The standard InChI is InChI=1S/C27H19NO3/c1-30-21-12-6-4-10-18(21)24-23-17-9-3-2-8-16(17)14-15-20(23)28-26-19-11-5-7-13-22(19)31-27(29)25(24)26/h2-15,24,28H,1H3/t24-/m1/s1. The van der Waals surface area contributed by atoms with Gasteiger partial charge in [-0.2, -0.15) is 0 Å². The van der Waals surface area contributed by atoms with Gasteiger partial charge in [-0.1, -0.05) is 60.7 Å². The number of methoxy groups -OCH3 is 1. The Morgan fingerprint density at radius 1 is 0.806 bits per heavy atom. The summed E-state index contributed by atoms with van der Waals surface area (Å²) < 4.78 is 11.5. The number of nitrogens with one attached hydrogen (secondary N) is 1. The quantitative estimate of drug-likeness (QED) is 0.349. The zero-order valence-electron chi connectivity index (χ0n) is 16.9. The molecular weight excluding hydrogens is 386 g/mol. The molecule has 0 aliphatic carbocycles. The van der Waals surface area contributed by atoms with Gasteiger partial charge in [0.2, 0.25) is 0 Å². The van der Waals surface area contributed by atoms with Crippen LogP contribution in [0.25, 0.3) is 21.7 Å². The van der Waals surface area contributed by atoms with Crippen molar-refractivity contribution in [2.75, 3.05) is 12.4 Å². The highest BCUT2D eigenvalue weighted by Crippen LogP contribution is 2.50. The third-order valence-corrected chi connectivity index (χ3v) is 6.11. The number of benzene rings is 4. The van der Waals surface area contributed by atoms with Crippen LogP contribution in [0.5, 0.6) is 5.75 Å². The lowest BCUT2D eigenvalue weighted by molar-refractivity contribution is 0.408. The third-order valence-electron chi connectivity index (χ3n) is 6.11. The maximum atomic E-state index is 13.4. The summed E-state index contributed by atoms with van der Waals surface area (Å²) in [6.45, 7) is 0. The van der Waals surface area contributed by atoms with Gasteiger partial charge in [-0.05, 0) is 40.6 Å². The SMILES string of the molecule is COc1ccccc1[C@H]1c2c(c3ccccc3oc2=O)Nc2ccc3ccccc3c21. The van der Waals surface area contributed by atoms with Crippen LogP contribution in [0.2, 0.25) is 0 Å². The van der Waals surface area contributed by atoms with Crippen LogP contribution >= 0.6 is 0 Å². The highest BCUT2D eigenvalue weighted by Gasteiger charge is 2.34. The Labute approximate surface area is 178 Å². The lowest BCUT2D eigenvalue weighted by atomic mass is 9.78. The van der Waals surface area contributed by atoms with Crippen LogP contribution in [-0.2, 0) is 0 Å². The van der Waals surface area contributed by atoms with Gasteiger partial charge in [-0.3, -0.25) is 0 Å². The zero-order chi connectivity index (χ0) is 20.9. The molecule has 6 rings (SSSR count). The lowest BCUT2D eigenvalue weighted by Crippen LogP contribution is -2.23. The van der Waals surface area contributed by atoms with Crippen LogP contribution < -0.4 is 15.7 Å². The van der Waals surface area contributed by atoms with Gasteiger partial charge in [0.25, 0.3) is 0 Å². The number of ether oxygens (including phenoxy) is 1. The molecule has 2 heterocycles. The zero-order valence-corrected chi connectivity index (χ0v) is 16.9. The first kappa shape index (κ1) is 17.8. The first-order valence-electron chi connectivity index (χ1n) is 10.2. The van der Waals surface area contributed by atoms with Crippen LogP contribution in [0.1, 0.15) is 22.6 Å². The summed E-state index contributed by atoms with van der Waals surface area (Å²) in [7, 11) is 1.66. The van der Waals surface area contributed by atoms with Gasteiger partial charge >= 0.3 is 5.63 Å². The second-order valence-corrected chi connectivity index (χ2v) is 7.72. The van der Waals surface area contributed by atoms with Crippen molar-refractivity contribution in [3.8, 4) is 5.75 Å². The average molecular weight is 405 g/mol. The normalized spacial score (nSPS) is 14.7. The highest BCUT2D eigenvalue weighted by molar-refractivity contribution is 6.00. The molecule has 1 N–H and O–H groups in total. The molecule has 1 aliphatic heterocycles. The molecule has 4 heteroatoms. The Morgan fingerprint density at radius 2 is 1.55 bits per heavy atom. The van der Waals surface area contributed by atoms with E-state index in [2.05, 4.69) is 29.6 Å². The first-order valence-corrected chi connectivity index (χ1v) is 10.2. The molecule has 1 atom stereocenters. The smallest absolute Gasteiger partial charge is 0.342 e. The van der Waals surface area contributed by atoms with Crippen molar-refractivity contribution in [2.45, 2.75) is 5.92 Å². The van der Waals surface area contributed by atoms with E-state index in [0.29, 0.717) is 11.1 Å². The van der Waals surface area contributed by atoms with Crippen LogP contribution in [0.15, 0.2) is 94.1 Å². The minimum Gasteiger partial charge on any atom is -0.496 e. The molecule has 150 valence electrons. The second kappa shape index (κ2) is 6.74. The number of fused-ring (bicyclic) bond motifs is 6. The maximum Gasteiger partial charge on any atom is 0.342 e. The summed E-state index contributed by atoms with van der Waals surface area (Å²) in [5, 5.41) is 6.66. The van der Waals surface area contributed by atoms with Gasteiger partial charge in [0.1, 0.15) is 11.3 Å². The molecule has 0 amide bonds. The van der Waals surface area contributed by atoms with Crippen molar-refractivity contribution in [3.63, 3.8) is 0 Å². The van der Waals surface area contributed by atoms with E-state index in [1.807, 2.05) is 60.7 Å². The molecule has 31 heavy (non-hydrogen) atoms. The summed E-state index contributed by atoms with van der Waals surface area (Å²) in [6.07, 6.45) is 0. The molecule has 0 bridgehead atoms. The van der Waals surface area contributed by atoms with Crippen molar-refractivity contribution < 1.29 is 9.15 Å². The Balaban J connectivity index is 1.78. The molecule has 0 unspecified atom stereocenters. The van der Waals surface area contributed by atoms with Gasteiger partial charge in [-0.25, -0.2) is 4.79 Å². The summed E-state index contributed by atoms with van der Waals surface area (Å²) in [6, 6.07) is 28.0. The molecule has 0 saturated carbocycles. The molecule has 0 saturated heterocycles. The molecular formula is C27H19NO3. The van der Waals surface area contributed by atoms with E-state index < -0.39 is 0 Å². The minimum atomic E-state index is -0.337. The lowest BCUT2D eigenvalue weighted by Gasteiger charge is -2.31. The van der Waals surface area contributed by atoms with E-state index in [1.165, 1.54) is 0 Å². The Kier molecular flexibility index (Phi) is 3.87.